The van der Waals surface area contributed by atoms with Crippen LogP contribution >= 0.6 is 0 Å². The lowest BCUT2D eigenvalue weighted by atomic mass is 9.72. The molecule has 0 radical (unpaired) electrons. The van der Waals surface area contributed by atoms with Crippen LogP contribution in [0.2, 0.25) is 0 Å². The van der Waals surface area contributed by atoms with Gasteiger partial charge in [0, 0.05) is 39.3 Å². The summed E-state index contributed by atoms with van der Waals surface area (Å²) in [5.41, 5.74) is 0.405. The van der Waals surface area contributed by atoms with Gasteiger partial charge in [-0.25, -0.2) is 0 Å². The Morgan fingerprint density at radius 3 is 2.12 bits per heavy atom. The summed E-state index contributed by atoms with van der Waals surface area (Å²) in [5, 5.41) is 19.2. The van der Waals surface area contributed by atoms with Crippen LogP contribution in [0.3, 0.4) is 0 Å². The van der Waals surface area contributed by atoms with E-state index < -0.39 is 6.10 Å². The van der Waals surface area contributed by atoms with E-state index in [1.807, 2.05) is 0 Å². The Morgan fingerprint density at radius 2 is 1.58 bits per heavy atom. The minimum atomic E-state index is -0.394. The summed E-state index contributed by atoms with van der Waals surface area (Å²) in [4.78, 5) is 4.57. The quantitative estimate of drug-likeness (QED) is 0.736. The second-order valence-corrected chi connectivity index (χ2v) is 8.69. The SMILES string of the molecule is CC(C)(C)C1CCC(OCC(O)CN2CCN(CCO)CC2)CC1. The van der Waals surface area contributed by atoms with Gasteiger partial charge in [-0.05, 0) is 37.0 Å². The largest absolute Gasteiger partial charge is 0.395 e. The molecule has 1 saturated carbocycles. The number of aliphatic hydroxyl groups excluding tert-OH is 2. The summed E-state index contributed by atoms with van der Waals surface area (Å²) < 4.78 is 5.99. The first kappa shape index (κ1) is 20.1. The first-order valence-electron chi connectivity index (χ1n) is 9.73. The summed E-state index contributed by atoms with van der Waals surface area (Å²) in [5.74, 6) is 0.803. The maximum absolute atomic E-state index is 10.3. The zero-order valence-electron chi connectivity index (χ0n) is 15.9. The average molecular weight is 343 g/mol. The number of nitrogens with zero attached hydrogens (tertiary/aromatic N) is 2. The van der Waals surface area contributed by atoms with Crippen LogP contribution in [0.25, 0.3) is 0 Å². The lowest BCUT2D eigenvalue weighted by Gasteiger charge is -2.37. The van der Waals surface area contributed by atoms with E-state index in [4.69, 9.17) is 9.84 Å². The molecule has 0 aromatic heterocycles. The van der Waals surface area contributed by atoms with Gasteiger partial charge in [0.05, 0.1) is 25.4 Å². The third-order valence-corrected chi connectivity index (χ3v) is 5.77. The molecule has 0 spiro atoms. The Morgan fingerprint density at radius 1 is 1.00 bits per heavy atom. The maximum Gasteiger partial charge on any atom is 0.0900 e. The monoisotopic (exact) mass is 342 g/mol. The van der Waals surface area contributed by atoms with Gasteiger partial charge < -0.3 is 14.9 Å². The van der Waals surface area contributed by atoms with Gasteiger partial charge in [-0.3, -0.25) is 9.80 Å². The molecule has 1 heterocycles. The first-order valence-corrected chi connectivity index (χ1v) is 9.73. The highest BCUT2D eigenvalue weighted by atomic mass is 16.5. The molecule has 0 amide bonds. The number of aliphatic hydroxyl groups is 2. The highest BCUT2D eigenvalue weighted by Gasteiger charge is 2.30. The van der Waals surface area contributed by atoms with Crippen LogP contribution in [-0.2, 0) is 4.74 Å². The Labute approximate surface area is 148 Å². The number of β-amino-alcohol motifs (C(OH)–C–C–N with tert-alkyl or cyclic N) is 2. The van der Waals surface area contributed by atoms with Gasteiger partial charge in [0.1, 0.15) is 0 Å². The standard InChI is InChI=1S/C19H38N2O3/c1-19(2,3)16-4-6-18(7-5-16)24-15-17(23)14-21-10-8-20(9-11-21)12-13-22/h16-18,22-23H,4-15H2,1-3H3. The molecule has 2 rings (SSSR count). The van der Waals surface area contributed by atoms with Crippen molar-refractivity contribution in [1.82, 2.24) is 9.80 Å². The molecule has 2 fully saturated rings. The molecular weight excluding hydrogens is 304 g/mol. The Balaban J connectivity index is 1.58. The molecule has 2 N–H and O–H groups in total. The maximum atomic E-state index is 10.3. The van der Waals surface area contributed by atoms with Crippen molar-refractivity contribution < 1.29 is 14.9 Å². The number of ether oxygens (including phenoxy) is 1. The fourth-order valence-corrected chi connectivity index (χ4v) is 4.03. The Bertz CT molecular complexity index is 343. The molecule has 24 heavy (non-hydrogen) atoms. The molecule has 142 valence electrons. The second kappa shape index (κ2) is 9.48. The van der Waals surface area contributed by atoms with Crippen molar-refractivity contribution in [1.29, 1.82) is 0 Å². The molecule has 0 aromatic carbocycles. The topological polar surface area (TPSA) is 56.2 Å². The van der Waals surface area contributed by atoms with Crippen molar-refractivity contribution in [2.24, 2.45) is 11.3 Å². The molecule has 1 aliphatic carbocycles. The lowest BCUT2D eigenvalue weighted by molar-refractivity contribution is -0.0473. The van der Waals surface area contributed by atoms with E-state index in [9.17, 15) is 5.11 Å². The van der Waals surface area contributed by atoms with E-state index in [0.717, 1.165) is 51.5 Å². The molecule has 5 heteroatoms. The minimum absolute atomic E-state index is 0.230. The first-order chi connectivity index (χ1) is 11.4. The van der Waals surface area contributed by atoms with E-state index in [0.29, 0.717) is 24.7 Å². The third kappa shape index (κ3) is 6.60. The zero-order chi connectivity index (χ0) is 17.6. The fourth-order valence-electron chi connectivity index (χ4n) is 4.03. The summed E-state index contributed by atoms with van der Waals surface area (Å²) in [6.45, 7) is 13.0. The van der Waals surface area contributed by atoms with Crippen LogP contribution in [-0.4, -0.2) is 84.7 Å². The van der Waals surface area contributed by atoms with Gasteiger partial charge in [-0.2, -0.15) is 0 Å². The van der Waals surface area contributed by atoms with Crippen molar-refractivity contribution in [3.05, 3.63) is 0 Å². The van der Waals surface area contributed by atoms with Gasteiger partial charge >= 0.3 is 0 Å². The molecule has 5 nitrogen and oxygen atoms in total. The van der Waals surface area contributed by atoms with Crippen molar-refractivity contribution in [2.45, 2.75) is 58.7 Å². The molecule has 2 aliphatic rings. The van der Waals surface area contributed by atoms with Crippen LogP contribution in [0.4, 0.5) is 0 Å². The lowest BCUT2D eigenvalue weighted by Crippen LogP contribution is -2.49. The van der Waals surface area contributed by atoms with E-state index >= 15 is 0 Å². The molecule has 1 saturated heterocycles. The van der Waals surface area contributed by atoms with Crippen LogP contribution in [0.1, 0.15) is 46.5 Å². The highest BCUT2D eigenvalue weighted by molar-refractivity contribution is 4.81. The van der Waals surface area contributed by atoms with Gasteiger partial charge in [-0.15, -0.1) is 0 Å². The predicted molar refractivity (Wildman–Crippen MR) is 97.1 cm³/mol. The van der Waals surface area contributed by atoms with E-state index in [-0.39, 0.29) is 6.61 Å². The fraction of sp³-hybridized carbons (Fsp3) is 1.00. The predicted octanol–water partition coefficient (Wildman–Crippen LogP) is 1.58. The zero-order valence-corrected chi connectivity index (χ0v) is 15.9. The smallest absolute Gasteiger partial charge is 0.0900 e. The van der Waals surface area contributed by atoms with Gasteiger partial charge in [0.25, 0.3) is 0 Å². The second-order valence-electron chi connectivity index (χ2n) is 8.69. The van der Waals surface area contributed by atoms with Gasteiger partial charge in [0.2, 0.25) is 0 Å². The molecule has 1 aliphatic heterocycles. The number of piperazine rings is 1. The van der Waals surface area contributed by atoms with Gasteiger partial charge in [0.15, 0.2) is 0 Å². The number of hydrogen-bond acceptors (Lipinski definition) is 5. The number of rotatable bonds is 7. The van der Waals surface area contributed by atoms with Crippen LogP contribution in [0.15, 0.2) is 0 Å². The summed E-state index contributed by atoms with van der Waals surface area (Å²) in [6.07, 6.45) is 4.70. The molecule has 1 atom stereocenters. The highest BCUT2D eigenvalue weighted by Crippen LogP contribution is 2.38. The Kier molecular flexibility index (Phi) is 7.95. The van der Waals surface area contributed by atoms with Crippen molar-refractivity contribution in [3.63, 3.8) is 0 Å². The third-order valence-electron chi connectivity index (χ3n) is 5.77. The summed E-state index contributed by atoms with van der Waals surface area (Å²) in [6, 6.07) is 0. The van der Waals surface area contributed by atoms with Crippen molar-refractivity contribution >= 4 is 0 Å². The summed E-state index contributed by atoms with van der Waals surface area (Å²) >= 11 is 0. The Hall–Kier alpha value is -0.200. The molecular formula is C19H38N2O3. The van der Waals surface area contributed by atoms with Crippen molar-refractivity contribution in [2.75, 3.05) is 52.5 Å². The molecule has 1 unspecified atom stereocenters. The van der Waals surface area contributed by atoms with E-state index in [1.165, 1.54) is 12.8 Å². The summed E-state index contributed by atoms with van der Waals surface area (Å²) in [7, 11) is 0. The normalized spacial score (nSPS) is 28.9. The minimum Gasteiger partial charge on any atom is -0.395 e. The van der Waals surface area contributed by atoms with E-state index in [1.54, 1.807) is 0 Å². The van der Waals surface area contributed by atoms with Crippen molar-refractivity contribution in [3.8, 4) is 0 Å². The average Bonchev–Trinajstić information content (AvgIpc) is 2.55. The van der Waals surface area contributed by atoms with Crippen LogP contribution in [0, 0.1) is 11.3 Å². The van der Waals surface area contributed by atoms with Crippen LogP contribution in [0.5, 0.6) is 0 Å². The molecule has 0 aromatic rings. The van der Waals surface area contributed by atoms with E-state index in [2.05, 4.69) is 30.6 Å². The van der Waals surface area contributed by atoms with Crippen LogP contribution < -0.4 is 0 Å². The van der Waals surface area contributed by atoms with Gasteiger partial charge in [-0.1, -0.05) is 20.8 Å². The molecule has 0 bridgehead atoms. The number of hydrogen-bond donors (Lipinski definition) is 2.